The van der Waals surface area contributed by atoms with Gasteiger partial charge in [-0.25, -0.2) is 0 Å². The topological polar surface area (TPSA) is 140 Å². The summed E-state index contributed by atoms with van der Waals surface area (Å²) in [7, 11) is 2.79. The lowest BCUT2D eigenvalue weighted by Gasteiger charge is -2.38. The molecule has 3 aromatic rings. The number of benzene rings is 3. The highest BCUT2D eigenvalue weighted by atomic mass is 35.5. The molecule has 0 saturated carbocycles. The summed E-state index contributed by atoms with van der Waals surface area (Å²) in [6, 6.07) is 15.4. The summed E-state index contributed by atoms with van der Waals surface area (Å²) in [6.07, 6.45) is 2.43. The molecular weight excluding hydrogens is 656 g/mol. The van der Waals surface area contributed by atoms with Crippen molar-refractivity contribution in [1.82, 2.24) is 5.32 Å². The van der Waals surface area contributed by atoms with Gasteiger partial charge < -0.3 is 30.0 Å². The van der Waals surface area contributed by atoms with E-state index >= 15 is 0 Å². The first-order valence-corrected chi connectivity index (χ1v) is 17.1. The van der Waals surface area contributed by atoms with Crippen molar-refractivity contribution in [2.24, 2.45) is 5.92 Å². The third-order valence-electron chi connectivity index (χ3n) is 9.40. The molecule has 6 rings (SSSR count). The Balaban J connectivity index is 1.40. The van der Waals surface area contributed by atoms with Gasteiger partial charge in [0, 0.05) is 46.9 Å². The van der Waals surface area contributed by atoms with Crippen molar-refractivity contribution in [3.8, 4) is 17.2 Å². The fourth-order valence-electron chi connectivity index (χ4n) is 6.85. The van der Waals surface area contributed by atoms with Gasteiger partial charge in [-0.05, 0) is 48.4 Å². The molecule has 10 nitrogen and oxygen atoms in total. The lowest BCUT2D eigenvalue weighted by Crippen LogP contribution is -2.53. The normalized spacial score (nSPS) is 22.3. The molecule has 12 heteroatoms. The molecule has 0 radical (unpaired) electrons. The molecule has 3 N–H and O–H groups in total. The number of fused-ring (bicyclic) bond motifs is 2. The van der Waals surface area contributed by atoms with Gasteiger partial charge in [0.15, 0.2) is 17.3 Å². The zero-order valence-electron chi connectivity index (χ0n) is 26.8. The van der Waals surface area contributed by atoms with Crippen molar-refractivity contribution in [3.63, 3.8) is 0 Å². The van der Waals surface area contributed by atoms with Gasteiger partial charge >= 0.3 is 0 Å². The van der Waals surface area contributed by atoms with Crippen LogP contribution < -0.4 is 24.8 Å². The molecule has 1 aliphatic carbocycles. The molecule has 3 aliphatic rings. The van der Waals surface area contributed by atoms with Crippen molar-refractivity contribution >= 4 is 52.4 Å². The minimum Gasteiger partial charge on any atom is -0.507 e. The van der Waals surface area contributed by atoms with Crippen LogP contribution in [0, 0.1) is 5.92 Å². The first-order chi connectivity index (χ1) is 23.0. The van der Waals surface area contributed by atoms with Gasteiger partial charge in [0.05, 0.1) is 14.2 Å². The van der Waals surface area contributed by atoms with Crippen LogP contribution in [0.3, 0.4) is 0 Å². The average molecular weight is 691 g/mol. The van der Waals surface area contributed by atoms with Crippen LogP contribution >= 0.6 is 23.4 Å². The first-order valence-electron chi connectivity index (χ1n) is 15.5. The van der Waals surface area contributed by atoms with E-state index in [0.717, 1.165) is 10.5 Å². The molecule has 2 aliphatic heterocycles. The van der Waals surface area contributed by atoms with Crippen molar-refractivity contribution in [3.05, 3.63) is 87.6 Å². The molecule has 1 spiro atoms. The van der Waals surface area contributed by atoms with Crippen molar-refractivity contribution in [2.75, 3.05) is 25.8 Å². The number of amides is 2. The highest BCUT2D eigenvalue weighted by Gasteiger charge is 2.61. The standard InChI is InChI=1S/C36H35ClN2O8S/c1-18-15-25(40)29(33(42)36(18)34(43)30-26(45-2)17-27(46-3)31(37)32(30)47-36)22(19-9-12-21(48-4)13-10-19)16-28(41)38-24-14-11-20-7-5-6-8-23(20)39-35(24)44/h5-10,12-13,17-18,22,24,42H,11,14-16H2,1-4H3,(H,38,41)(H,39,44). The average Bonchev–Trinajstić information content (AvgIpc) is 3.31. The number of carbonyl (C=O) groups excluding carboxylic acids is 4. The summed E-state index contributed by atoms with van der Waals surface area (Å²) in [4.78, 5) is 56.1. The minimum absolute atomic E-state index is 0.0179. The van der Waals surface area contributed by atoms with Gasteiger partial charge in [0.1, 0.15) is 28.1 Å². The van der Waals surface area contributed by atoms with Crippen LogP contribution in [-0.4, -0.2) is 60.6 Å². The third kappa shape index (κ3) is 5.58. The number of Topliss-reactive ketones (excluding diaryl/α,β-unsaturated/α-hetero) is 2. The number of hydrogen-bond acceptors (Lipinski definition) is 9. The molecule has 4 unspecified atom stereocenters. The summed E-state index contributed by atoms with van der Waals surface area (Å²) in [5.41, 5.74) is 0.143. The number of nitrogens with one attached hydrogen (secondary N) is 2. The number of carbonyl (C=O) groups is 4. The number of para-hydroxylation sites is 1. The second kappa shape index (κ2) is 13.2. The van der Waals surface area contributed by atoms with Gasteiger partial charge in [-0.15, -0.1) is 11.8 Å². The predicted octanol–water partition coefficient (Wildman–Crippen LogP) is 6.06. The van der Waals surface area contributed by atoms with E-state index in [1.807, 2.05) is 42.7 Å². The van der Waals surface area contributed by atoms with Crippen LogP contribution in [0.2, 0.25) is 5.02 Å². The predicted molar refractivity (Wildman–Crippen MR) is 182 cm³/mol. The molecule has 2 amide bonds. The Labute approximate surface area is 287 Å². The summed E-state index contributed by atoms with van der Waals surface area (Å²) >= 11 is 8.13. The lowest BCUT2D eigenvalue weighted by molar-refractivity contribution is -0.127. The maximum Gasteiger partial charge on any atom is 0.246 e. The lowest BCUT2D eigenvalue weighted by atomic mass is 9.69. The van der Waals surface area contributed by atoms with E-state index in [0.29, 0.717) is 24.1 Å². The highest BCUT2D eigenvalue weighted by Crippen LogP contribution is 2.55. The number of anilines is 1. The highest BCUT2D eigenvalue weighted by molar-refractivity contribution is 7.98. The first kappa shape index (κ1) is 33.4. The van der Waals surface area contributed by atoms with Gasteiger partial charge in [-0.1, -0.05) is 48.9 Å². The number of ketones is 2. The van der Waals surface area contributed by atoms with E-state index in [2.05, 4.69) is 10.6 Å². The Morgan fingerprint density at radius 2 is 1.83 bits per heavy atom. The summed E-state index contributed by atoms with van der Waals surface area (Å²) in [5, 5.41) is 17.9. The van der Waals surface area contributed by atoms with E-state index in [1.165, 1.54) is 32.0 Å². The molecule has 250 valence electrons. The Kier molecular flexibility index (Phi) is 9.19. The number of aliphatic hydroxyl groups excluding tert-OH is 1. The molecule has 0 aromatic heterocycles. The molecule has 3 aromatic carbocycles. The molecule has 2 heterocycles. The fraction of sp³-hybridized carbons (Fsp3) is 0.333. The monoisotopic (exact) mass is 690 g/mol. The maximum atomic E-state index is 14.3. The van der Waals surface area contributed by atoms with Crippen LogP contribution in [-0.2, 0) is 20.8 Å². The second-order valence-corrected chi connectivity index (χ2v) is 13.3. The van der Waals surface area contributed by atoms with E-state index in [1.54, 1.807) is 19.1 Å². The van der Waals surface area contributed by atoms with Gasteiger partial charge in [-0.2, -0.15) is 0 Å². The Hall–Kier alpha value is -4.48. The number of allylic oxidation sites excluding steroid dienone is 1. The van der Waals surface area contributed by atoms with Crippen LogP contribution in [0.25, 0.3) is 0 Å². The van der Waals surface area contributed by atoms with E-state index in [-0.39, 0.29) is 52.2 Å². The molecule has 0 fully saturated rings. The van der Waals surface area contributed by atoms with Crippen LogP contribution in [0.15, 0.2) is 70.8 Å². The number of thioether (sulfide) groups is 1. The largest absolute Gasteiger partial charge is 0.507 e. The SMILES string of the molecule is COc1cc(OC)c2c(c1Cl)OC1(C2=O)C(O)=C(C(CC(=O)NC2CCc3ccccc3NC2=O)c2ccc(SC)cc2)C(=O)CC1C. The number of aliphatic hydroxyl groups is 1. The van der Waals surface area contributed by atoms with Gasteiger partial charge in [0.2, 0.25) is 23.2 Å². The number of aryl methyl sites for hydroxylation is 1. The summed E-state index contributed by atoms with van der Waals surface area (Å²) in [6.45, 7) is 1.64. The zero-order chi connectivity index (χ0) is 34.3. The third-order valence-corrected chi connectivity index (χ3v) is 10.5. The second-order valence-electron chi connectivity index (χ2n) is 12.1. The van der Waals surface area contributed by atoms with E-state index in [9.17, 15) is 24.3 Å². The molecule has 0 saturated heterocycles. The van der Waals surface area contributed by atoms with Crippen molar-refractivity contribution in [2.45, 2.75) is 55.1 Å². The minimum atomic E-state index is -2.00. The van der Waals surface area contributed by atoms with Crippen LogP contribution in [0.1, 0.15) is 53.6 Å². The van der Waals surface area contributed by atoms with Crippen LogP contribution in [0.5, 0.6) is 17.2 Å². The van der Waals surface area contributed by atoms with Gasteiger partial charge in [0.25, 0.3) is 0 Å². The smallest absolute Gasteiger partial charge is 0.246 e. The molecule has 0 bridgehead atoms. The molecule has 4 atom stereocenters. The summed E-state index contributed by atoms with van der Waals surface area (Å²) < 4.78 is 17.2. The molecule has 48 heavy (non-hydrogen) atoms. The van der Waals surface area contributed by atoms with Crippen molar-refractivity contribution in [1.29, 1.82) is 0 Å². The maximum absolute atomic E-state index is 14.3. The Bertz CT molecular complexity index is 1860. The summed E-state index contributed by atoms with van der Waals surface area (Å²) in [5.74, 6) is -3.94. The number of ether oxygens (including phenoxy) is 3. The fourth-order valence-corrected chi connectivity index (χ4v) is 7.52. The number of methoxy groups -OCH3 is 2. The quantitative estimate of drug-likeness (QED) is 0.241. The number of hydrogen-bond donors (Lipinski definition) is 3. The van der Waals surface area contributed by atoms with Gasteiger partial charge in [-0.3, -0.25) is 19.2 Å². The Morgan fingerprint density at radius 3 is 2.52 bits per heavy atom. The van der Waals surface area contributed by atoms with Crippen molar-refractivity contribution < 1.29 is 38.5 Å². The van der Waals surface area contributed by atoms with E-state index in [4.69, 9.17) is 25.8 Å². The molecular formula is C36H35ClN2O8S. The zero-order valence-corrected chi connectivity index (χ0v) is 28.4. The Morgan fingerprint density at radius 1 is 1.12 bits per heavy atom. The van der Waals surface area contributed by atoms with E-state index < -0.39 is 46.7 Å². The van der Waals surface area contributed by atoms with Crippen LogP contribution in [0.4, 0.5) is 5.69 Å². The number of halogens is 1. The number of rotatable bonds is 8.